The number of nitrogens with one attached hydrogen (secondary N) is 1. The molecule has 2 nitrogen and oxygen atoms in total. The summed E-state index contributed by atoms with van der Waals surface area (Å²) in [6, 6.07) is 5.73. The standard InChI is InChI=1S/C13H15Cl2NO/c14-12-4-3-9(7-13(12)15)6-11(17)8-10-2-1-5-16-10/h3-4,7,10,16H,1-2,5-6,8H2. The Bertz CT molecular complexity index is 414. The van der Waals surface area contributed by atoms with Crippen LogP contribution in [0.15, 0.2) is 18.2 Å². The van der Waals surface area contributed by atoms with Crippen molar-refractivity contribution in [3.05, 3.63) is 33.8 Å². The Morgan fingerprint density at radius 3 is 2.82 bits per heavy atom. The molecule has 0 aromatic heterocycles. The van der Waals surface area contributed by atoms with E-state index in [1.807, 2.05) is 6.07 Å². The highest BCUT2D eigenvalue weighted by Crippen LogP contribution is 2.23. The molecule has 0 saturated carbocycles. The van der Waals surface area contributed by atoms with Crippen LogP contribution in [0, 0.1) is 0 Å². The van der Waals surface area contributed by atoms with Gasteiger partial charge in [0.25, 0.3) is 0 Å². The molecule has 92 valence electrons. The summed E-state index contributed by atoms with van der Waals surface area (Å²) in [6.07, 6.45) is 3.33. The highest BCUT2D eigenvalue weighted by atomic mass is 35.5. The summed E-state index contributed by atoms with van der Waals surface area (Å²) in [4.78, 5) is 11.8. The second-order valence-electron chi connectivity index (χ2n) is 4.46. The van der Waals surface area contributed by atoms with Crippen LogP contribution < -0.4 is 5.32 Å². The SMILES string of the molecule is O=C(Cc1ccc(Cl)c(Cl)c1)CC1CCCN1. The molecule has 4 heteroatoms. The van der Waals surface area contributed by atoms with E-state index >= 15 is 0 Å². The van der Waals surface area contributed by atoms with Crippen LogP contribution in [0.3, 0.4) is 0 Å². The monoisotopic (exact) mass is 271 g/mol. The second-order valence-corrected chi connectivity index (χ2v) is 5.28. The molecular formula is C13H15Cl2NO. The maximum atomic E-state index is 11.8. The van der Waals surface area contributed by atoms with Crippen molar-refractivity contribution in [1.29, 1.82) is 0 Å². The van der Waals surface area contributed by atoms with Crippen LogP contribution in [0.4, 0.5) is 0 Å². The van der Waals surface area contributed by atoms with Crippen LogP contribution in [0.25, 0.3) is 0 Å². The van der Waals surface area contributed by atoms with Gasteiger partial charge in [-0.05, 0) is 37.1 Å². The molecule has 1 heterocycles. The van der Waals surface area contributed by atoms with Gasteiger partial charge >= 0.3 is 0 Å². The van der Waals surface area contributed by atoms with E-state index in [0.717, 1.165) is 18.5 Å². The molecule has 1 aliphatic rings. The molecule has 1 unspecified atom stereocenters. The van der Waals surface area contributed by atoms with E-state index in [-0.39, 0.29) is 5.78 Å². The Balaban J connectivity index is 1.90. The van der Waals surface area contributed by atoms with Crippen LogP contribution in [-0.4, -0.2) is 18.4 Å². The van der Waals surface area contributed by atoms with Gasteiger partial charge in [-0.3, -0.25) is 4.79 Å². The zero-order valence-corrected chi connectivity index (χ0v) is 11.0. The van der Waals surface area contributed by atoms with Crippen molar-refractivity contribution >= 4 is 29.0 Å². The van der Waals surface area contributed by atoms with Crippen molar-refractivity contribution in [3.63, 3.8) is 0 Å². The summed E-state index contributed by atoms with van der Waals surface area (Å²) < 4.78 is 0. The van der Waals surface area contributed by atoms with Gasteiger partial charge in [-0.2, -0.15) is 0 Å². The van der Waals surface area contributed by atoms with E-state index in [9.17, 15) is 4.79 Å². The highest BCUT2D eigenvalue weighted by Gasteiger charge is 2.17. The predicted octanol–water partition coefficient (Wildman–Crippen LogP) is 3.25. The Hall–Kier alpha value is -0.570. The molecule has 1 aromatic rings. The maximum Gasteiger partial charge on any atom is 0.138 e. The minimum absolute atomic E-state index is 0.253. The fraction of sp³-hybridized carbons (Fsp3) is 0.462. The number of carbonyl (C=O) groups is 1. The molecular weight excluding hydrogens is 257 g/mol. The number of hydrogen-bond acceptors (Lipinski definition) is 2. The minimum Gasteiger partial charge on any atom is -0.314 e. The van der Waals surface area contributed by atoms with Gasteiger partial charge in [-0.15, -0.1) is 0 Å². The summed E-state index contributed by atoms with van der Waals surface area (Å²) in [6.45, 7) is 1.03. The molecule has 1 fully saturated rings. The van der Waals surface area contributed by atoms with Crippen molar-refractivity contribution in [2.45, 2.75) is 31.7 Å². The Morgan fingerprint density at radius 2 is 2.18 bits per heavy atom. The Labute approximate surface area is 111 Å². The summed E-state index contributed by atoms with van der Waals surface area (Å²) in [5.41, 5.74) is 0.933. The first kappa shape index (κ1) is 12.9. The van der Waals surface area contributed by atoms with E-state index in [1.54, 1.807) is 12.1 Å². The average Bonchev–Trinajstić information content (AvgIpc) is 2.76. The van der Waals surface area contributed by atoms with Gasteiger partial charge in [0.05, 0.1) is 10.0 Å². The zero-order valence-electron chi connectivity index (χ0n) is 9.51. The summed E-state index contributed by atoms with van der Waals surface area (Å²) in [5, 5.41) is 4.36. The van der Waals surface area contributed by atoms with Crippen LogP contribution in [-0.2, 0) is 11.2 Å². The lowest BCUT2D eigenvalue weighted by Gasteiger charge is -2.09. The van der Waals surface area contributed by atoms with Gasteiger partial charge in [-0.1, -0.05) is 29.3 Å². The first-order valence-corrected chi connectivity index (χ1v) is 6.60. The number of rotatable bonds is 4. The van der Waals surface area contributed by atoms with E-state index in [1.165, 1.54) is 6.42 Å². The van der Waals surface area contributed by atoms with Gasteiger partial charge in [0.1, 0.15) is 5.78 Å². The largest absolute Gasteiger partial charge is 0.314 e. The quantitative estimate of drug-likeness (QED) is 0.911. The number of halogens is 2. The van der Waals surface area contributed by atoms with Crippen LogP contribution in [0.5, 0.6) is 0 Å². The maximum absolute atomic E-state index is 11.8. The van der Waals surface area contributed by atoms with E-state index in [0.29, 0.717) is 28.9 Å². The first-order valence-electron chi connectivity index (χ1n) is 5.84. The molecule has 0 amide bonds. The normalized spacial score (nSPS) is 19.5. The lowest BCUT2D eigenvalue weighted by Crippen LogP contribution is -2.25. The summed E-state index contributed by atoms with van der Waals surface area (Å²) in [5.74, 6) is 0.253. The van der Waals surface area contributed by atoms with Crippen molar-refractivity contribution < 1.29 is 4.79 Å². The molecule has 1 aromatic carbocycles. The fourth-order valence-electron chi connectivity index (χ4n) is 2.16. The molecule has 0 radical (unpaired) electrons. The predicted molar refractivity (Wildman–Crippen MR) is 70.8 cm³/mol. The third-order valence-electron chi connectivity index (χ3n) is 3.02. The third-order valence-corrected chi connectivity index (χ3v) is 3.76. The van der Waals surface area contributed by atoms with Crippen LogP contribution >= 0.6 is 23.2 Å². The van der Waals surface area contributed by atoms with E-state index in [2.05, 4.69) is 5.32 Å². The molecule has 2 rings (SSSR count). The molecule has 1 aliphatic heterocycles. The van der Waals surface area contributed by atoms with E-state index in [4.69, 9.17) is 23.2 Å². The molecule has 1 atom stereocenters. The third kappa shape index (κ3) is 3.70. The molecule has 0 spiro atoms. The second kappa shape index (κ2) is 5.85. The Kier molecular flexibility index (Phi) is 4.43. The lowest BCUT2D eigenvalue weighted by molar-refractivity contribution is -0.118. The van der Waals surface area contributed by atoms with Gasteiger partial charge < -0.3 is 5.32 Å². The van der Waals surface area contributed by atoms with Crippen molar-refractivity contribution in [3.8, 4) is 0 Å². The van der Waals surface area contributed by atoms with E-state index < -0.39 is 0 Å². The van der Waals surface area contributed by atoms with Gasteiger partial charge in [0, 0.05) is 18.9 Å². The lowest BCUT2D eigenvalue weighted by atomic mass is 10.0. The van der Waals surface area contributed by atoms with Crippen LogP contribution in [0.1, 0.15) is 24.8 Å². The minimum atomic E-state index is 0.253. The van der Waals surface area contributed by atoms with Crippen molar-refractivity contribution in [2.24, 2.45) is 0 Å². The number of benzene rings is 1. The van der Waals surface area contributed by atoms with Gasteiger partial charge in [0.15, 0.2) is 0 Å². The number of carbonyl (C=O) groups excluding carboxylic acids is 1. The Morgan fingerprint density at radius 1 is 1.35 bits per heavy atom. The summed E-state index contributed by atoms with van der Waals surface area (Å²) in [7, 11) is 0. The topological polar surface area (TPSA) is 29.1 Å². The number of Topliss-reactive ketones (excluding diaryl/α,β-unsaturated/α-hetero) is 1. The molecule has 1 N–H and O–H groups in total. The number of hydrogen-bond donors (Lipinski definition) is 1. The smallest absolute Gasteiger partial charge is 0.138 e. The first-order chi connectivity index (χ1) is 8.15. The van der Waals surface area contributed by atoms with Crippen LogP contribution in [0.2, 0.25) is 10.0 Å². The van der Waals surface area contributed by atoms with Gasteiger partial charge in [0.2, 0.25) is 0 Å². The van der Waals surface area contributed by atoms with Crippen molar-refractivity contribution in [1.82, 2.24) is 5.32 Å². The zero-order chi connectivity index (χ0) is 12.3. The fourth-order valence-corrected chi connectivity index (χ4v) is 2.48. The average molecular weight is 272 g/mol. The molecule has 0 bridgehead atoms. The van der Waals surface area contributed by atoms with Crippen molar-refractivity contribution in [2.75, 3.05) is 6.54 Å². The highest BCUT2D eigenvalue weighted by molar-refractivity contribution is 6.42. The molecule has 0 aliphatic carbocycles. The molecule has 17 heavy (non-hydrogen) atoms. The number of ketones is 1. The summed E-state index contributed by atoms with van der Waals surface area (Å²) >= 11 is 11.7. The molecule has 1 saturated heterocycles. The van der Waals surface area contributed by atoms with Gasteiger partial charge in [-0.25, -0.2) is 0 Å².